The molecule has 0 bridgehead atoms. The Bertz CT molecular complexity index is 714. The average Bonchev–Trinajstić information content (AvgIpc) is 3.41. The number of rotatable bonds is 5. The minimum atomic E-state index is -0.0953. The number of carbonyl (C=O) groups excluding carboxylic acids is 1. The minimum Gasteiger partial charge on any atom is -0.327 e. The topological polar surface area (TPSA) is 72.9 Å². The van der Waals surface area contributed by atoms with Gasteiger partial charge in [0.1, 0.15) is 0 Å². The summed E-state index contributed by atoms with van der Waals surface area (Å²) in [6.07, 6.45) is 7.20. The summed E-state index contributed by atoms with van der Waals surface area (Å²) in [5.41, 5.74) is 8.46. The largest absolute Gasteiger partial charge is 0.327 e. The Morgan fingerprint density at radius 3 is 2.75 bits per heavy atom. The van der Waals surface area contributed by atoms with E-state index >= 15 is 0 Å². The molecule has 1 amide bonds. The van der Waals surface area contributed by atoms with Crippen LogP contribution in [0.5, 0.6) is 0 Å². The Morgan fingerprint density at radius 2 is 2.08 bits per heavy atom. The quantitative estimate of drug-likeness (QED) is 0.850. The second kappa shape index (κ2) is 7.55. The maximum Gasteiger partial charge on any atom is 0.255 e. The molecule has 0 unspecified atom stereocenters. The molecule has 1 aromatic heterocycles. The van der Waals surface area contributed by atoms with Crippen molar-refractivity contribution in [3.63, 3.8) is 0 Å². The molecule has 0 saturated heterocycles. The second-order valence-electron chi connectivity index (χ2n) is 6.48. The third-order valence-electron chi connectivity index (χ3n) is 4.45. The van der Waals surface area contributed by atoms with Crippen molar-refractivity contribution in [3.8, 4) is 0 Å². The van der Waals surface area contributed by atoms with E-state index in [1.54, 1.807) is 6.20 Å². The molecule has 2 saturated carbocycles. The highest BCUT2D eigenvalue weighted by Crippen LogP contribution is 2.39. The van der Waals surface area contributed by atoms with E-state index in [0.29, 0.717) is 11.5 Å². The van der Waals surface area contributed by atoms with Gasteiger partial charge in [0, 0.05) is 30.3 Å². The number of amides is 1. The van der Waals surface area contributed by atoms with Gasteiger partial charge in [-0.25, -0.2) is 0 Å². The van der Waals surface area contributed by atoms with E-state index in [0.717, 1.165) is 30.1 Å². The van der Waals surface area contributed by atoms with Crippen molar-refractivity contribution in [3.05, 3.63) is 47.8 Å². The number of aromatic nitrogens is 2. The van der Waals surface area contributed by atoms with Crippen molar-refractivity contribution >= 4 is 36.4 Å². The second-order valence-corrected chi connectivity index (χ2v) is 6.48. The van der Waals surface area contributed by atoms with Crippen LogP contribution in [-0.4, -0.2) is 21.7 Å². The van der Waals surface area contributed by atoms with Crippen molar-refractivity contribution < 1.29 is 4.79 Å². The molecule has 2 fully saturated rings. The van der Waals surface area contributed by atoms with Crippen molar-refractivity contribution in [1.82, 2.24) is 9.78 Å². The predicted octanol–water partition coefficient (Wildman–Crippen LogP) is 3.20. The molecule has 3 N–H and O–H groups in total. The summed E-state index contributed by atoms with van der Waals surface area (Å²) in [5, 5.41) is 7.21. The van der Waals surface area contributed by atoms with Crippen molar-refractivity contribution in [2.24, 2.45) is 11.7 Å². The lowest BCUT2D eigenvalue weighted by Crippen LogP contribution is -2.12. The Morgan fingerprint density at radius 1 is 1.33 bits per heavy atom. The Hall–Kier alpha value is -1.56. The van der Waals surface area contributed by atoms with Crippen LogP contribution in [0.1, 0.15) is 41.1 Å². The standard InChI is InChI=1S/C17H20N4O.2ClH/c18-16-7-15(16)12-2-1-3-13(6-12)17(22)20-14-8-19-21(10-14)9-11-4-5-11;;/h1-3,6,8,10-11,15-16H,4-5,7,9,18H2,(H,20,22);2*1H/t15-,16+;;/m0../s1. The Balaban J connectivity index is 0.00000104. The molecule has 24 heavy (non-hydrogen) atoms. The maximum atomic E-state index is 12.4. The number of anilines is 1. The number of benzene rings is 1. The SMILES string of the molecule is Cl.Cl.N[C@@H]1C[C@H]1c1cccc(C(=O)Nc2cnn(CC3CC3)c2)c1. The van der Waals surface area contributed by atoms with Gasteiger partial charge in [-0.2, -0.15) is 5.10 Å². The minimum absolute atomic E-state index is 0. The van der Waals surface area contributed by atoms with E-state index in [2.05, 4.69) is 10.4 Å². The number of nitrogens with two attached hydrogens (primary N) is 1. The van der Waals surface area contributed by atoms with Gasteiger partial charge in [-0.1, -0.05) is 12.1 Å². The molecular weight excluding hydrogens is 347 g/mol. The number of nitrogens with zero attached hydrogens (tertiary/aromatic N) is 2. The zero-order valence-corrected chi connectivity index (χ0v) is 14.9. The van der Waals surface area contributed by atoms with Crippen LogP contribution < -0.4 is 11.1 Å². The van der Waals surface area contributed by atoms with Gasteiger partial charge in [-0.05, 0) is 42.9 Å². The molecule has 2 aliphatic carbocycles. The fourth-order valence-electron chi connectivity index (χ4n) is 2.80. The molecule has 1 aromatic carbocycles. The highest BCUT2D eigenvalue weighted by molar-refractivity contribution is 6.04. The highest BCUT2D eigenvalue weighted by Gasteiger charge is 2.34. The summed E-state index contributed by atoms with van der Waals surface area (Å²) in [6.45, 7) is 0.949. The van der Waals surface area contributed by atoms with E-state index in [-0.39, 0.29) is 36.8 Å². The van der Waals surface area contributed by atoms with Crippen LogP contribution in [0.3, 0.4) is 0 Å². The first-order valence-corrected chi connectivity index (χ1v) is 7.88. The van der Waals surface area contributed by atoms with Gasteiger partial charge in [0.25, 0.3) is 5.91 Å². The summed E-state index contributed by atoms with van der Waals surface area (Å²) in [4.78, 5) is 12.4. The molecular formula is C17H22Cl2N4O. The lowest BCUT2D eigenvalue weighted by Gasteiger charge is -2.05. The van der Waals surface area contributed by atoms with E-state index in [4.69, 9.17) is 5.73 Å². The monoisotopic (exact) mass is 368 g/mol. The molecule has 2 aliphatic rings. The van der Waals surface area contributed by atoms with Gasteiger partial charge in [-0.15, -0.1) is 24.8 Å². The van der Waals surface area contributed by atoms with E-state index in [9.17, 15) is 4.79 Å². The van der Waals surface area contributed by atoms with Crippen molar-refractivity contribution in [2.45, 2.75) is 37.8 Å². The van der Waals surface area contributed by atoms with Gasteiger partial charge in [0.05, 0.1) is 11.9 Å². The highest BCUT2D eigenvalue weighted by atomic mass is 35.5. The fourth-order valence-corrected chi connectivity index (χ4v) is 2.80. The average molecular weight is 369 g/mol. The number of carbonyl (C=O) groups is 1. The fraction of sp³-hybridized carbons (Fsp3) is 0.412. The molecule has 130 valence electrons. The molecule has 7 heteroatoms. The maximum absolute atomic E-state index is 12.4. The molecule has 5 nitrogen and oxygen atoms in total. The van der Waals surface area contributed by atoms with Crippen LogP contribution in [0.15, 0.2) is 36.7 Å². The summed E-state index contributed by atoms with van der Waals surface area (Å²) < 4.78 is 1.91. The Labute approximate surface area is 153 Å². The van der Waals surface area contributed by atoms with Crippen LogP contribution in [0.4, 0.5) is 5.69 Å². The third-order valence-corrected chi connectivity index (χ3v) is 4.45. The zero-order chi connectivity index (χ0) is 15.1. The van der Waals surface area contributed by atoms with Crippen LogP contribution in [-0.2, 0) is 6.54 Å². The van der Waals surface area contributed by atoms with Crippen molar-refractivity contribution in [1.29, 1.82) is 0 Å². The van der Waals surface area contributed by atoms with Crippen molar-refractivity contribution in [2.75, 3.05) is 5.32 Å². The summed E-state index contributed by atoms with van der Waals surface area (Å²) >= 11 is 0. The number of hydrogen-bond donors (Lipinski definition) is 2. The van der Waals surface area contributed by atoms with Gasteiger partial charge >= 0.3 is 0 Å². The van der Waals surface area contributed by atoms with Crippen LogP contribution in [0, 0.1) is 5.92 Å². The first kappa shape index (κ1) is 18.8. The van der Waals surface area contributed by atoms with Crippen LogP contribution >= 0.6 is 24.8 Å². The van der Waals surface area contributed by atoms with E-state index in [1.165, 1.54) is 12.8 Å². The number of hydrogen-bond acceptors (Lipinski definition) is 3. The van der Waals surface area contributed by atoms with Gasteiger partial charge < -0.3 is 11.1 Å². The first-order valence-electron chi connectivity index (χ1n) is 7.88. The van der Waals surface area contributed by atoms with Gasteiger partial charge in [0.2, 0.25) is 0 Å². The smallest absolute Gasteiger partial charge is 0.255 e. The summed E-state index contributed by atoms with van der Waals surface area (Å²) in [6, 6.07) is 8.00. The van der Waals surface area contributed by atoms with E-state index in [1.807, 2.05) is 35.1 Å². The third kappa shape index (κ3) is 4.29. The Kier molecular flexibility index (Phi) is 5.91. The summed E-state index contributed by atoms with van der Waals surface area (Å²) in [5.74, 6) is 1.08. The number of nitrogens with one attached hydrogen (secondary N) is 1. The molecule has 1 heterocycles. The molecule has 2 atom stereocenters. The predicted molar refractivity (Wildman–Crippen MR) is 99.2 cm³/mol. The first-order chi connectivity index (χ1) is 10.7. The van der Waals surface area contributed by atoms with Crippen LogP contribution in [0.2, 0.25) is 0 Å². The lowest BCUT2D eigenvalue weighted by molar-refractivity contribution is 0.102. The number of halogens is 2. The molecule has 0 spiro atoms. The molecule has 0 aliphatic heterocycles. The van der Waals surface area contributed by atoms with E-state index < -0.39 is 0 Å². The summed E-state index contributed by atoms with van der Waals surface area (Å²) in [7, 11) is 0. The normalized spacial score (nSPS) is 21.4. The zero-order valence-electron chi connectivity index (χ0n) is 13.2. The molecule has 2 aromatic rings. The van der Waals surface area contributed by atoms with Gasteiger partial charge in [0.15, 0.2) is 0 Å². The molecule has 0 radical (unpaired) electrons. The lowest BCUT2D eigenvalue weighted by atomic mass is 10.1. The van der Waals surface area contributed by atoms with Crippen LogP contribution in [0.25, 0.3) is 0 Å². The molecule has 4 rings (SSSR count). The van der Waals surface area contributed by atoms with Gasteiger partial charge in [-0.3, -0.25) is 9.48 Å².